The molecular weight excluding hydrogens is 533 g/mol. The third kappa shape index (κ3) is 4.51. The van der Waals surface area contributed by atoms with Crippen molar-refractivity contribution in [3.8, 4) is 6.07 Å². The van der Waals surface area contributed by atoms with Gasteiger partial charge in [0.1, 0.15) is 17.3 Å². The molecule has 1 saturated heterocycles. The number of hydrogen-bond acceptors (Lipinski definition) is 6. The molecule has 14 heteroatoms. The lowest BCUT2D eigenvalue weighted by Gasteiger charge is -2.40. The number of anilines is 1. The van der Waals surface area contributed by atoms with Gasteiger partial charge in [-0.15, -0.1) is 10.2 Å². The number of pyridine rings is 1. The third-order valence-corrected chi connectivity index (χ3v) is 7.36. The highest BCUT2D eigenvalue weighted by atomic mass is 35.5. The Labute approximate surface area is 218 Å². The summed E-state index contributed by atoms with van der Waals surface area (Å²) in [5.74, 6) is -1.91. The lowest BCUT2D eigenvalue weighted by atomic mass is 9.85. The summed E-state index contributed by atoms with van der Waals surface area (Å²) in [4.78, 5) is 20.7. The first-order valence-corrected chi connectivity index (χ1v) is 12.2. The summed E-state index contributed by atoms with van der Waals surface area (Å²) in [6.45, 7) is 2.37. The van der Waals surface area contributed by atoms with Gasteiger partial charge in [0.25, 0.3) is 6.43 Å². The van der Waals surface area contributed by atoms with E-state index in [2.05, 4.69) is 15.2 Å². The number of halogens is 6. The highest BCUT2D eigenvalue weighted by Gasteiger charge is 2.41. The van der Waals surface area contributed by atoms with Crippen molar-refractivity contribution in [3.05, 3.63) is 46.1 Å². The molecule has 4 heterocycles. The Morgan fingerprint density at radius 3 is 2.63 bits per heavy atom. The van der Waals surface area contributed by atoms with Crippen LogP contribution in [0.25, 0.3) is 10.9 Å². The fourth-order valence-electron chi connectivity index (χ4n) is 5.34. The molecule has 1 fully saturated rings. The molecule has 38 heavy (non-hydrogen) atoms. The monoisotopic (exact) mass is 553 g/mol. The Morgan fingerprint density at radius 1 is 1.21 bits per heavy atom. The number of nitriles is 1. The van der Waals surface area contributed by atoms with Crippen LogP contribution < -0.4 is 4.90 Å². The van der Waals surface area contributed by atoms with E-state index in [-0.39, 0.29) is 48.4 Å². The second kappa shape index (κ2) is 9.65. The molecule has 1 amide bonds. The second-order valence-electron chi connectivity index (χ2n) is 9.46. The average molecular weight is 554 g/mol. The number of amides is 1. The number of carbonyl (C=O) groups excluding carboxylic acids is 1. The maximum absolute atomic E-state index is 13.8. The van der Waals surface area contributed by atoms with Crippen molar-refractivity contribution in [2.24, 2.45) is 11.8 Å². The third-order valence-electron chi connectivity index (χ3n) is 7.12. The largest absolute Gasteiger partial charge is 0.451 e. The Hall–Kier alpha value is -3.53. The first-order valence-electron chi connectivity index (χ1n) is 11.8. The molecule has 0 aliphatic carbocycles. The summed E-state index contributed by atoms with van der Waals surface area (Å²) in [6, 6.07) is 6.51. The van der Waals surface area contributed by atoms with Crippen LogP contribution in [-0.2, 0) is 24.1 Å². The van der Waals surface area contributed by atoms with Crippen LogP contribution in [0.2, 0.25) is 5.02 Å². The number of nitrogens with zero attached hydrogens (tertiary/aromatic N) is 7. The van der Waals surface area contributed by atoms with E-state index in [4.69, 9.17) is 11.6 Å². The molecule has 2 unspecified atom stereocenters. The van der Waals surface area contributed by atoms with Gasteiger partial charge in [-0.05, 0) is 30.5 Å². The van der Waals surface area contributed by atoms with Crippen molar-refractivity contribution in [1.29, 1.82) is 5.26 Å². The standard InChI is InChI=1S/C24H21ClF5N7O/c1-12-10-35(20-15-8-13(25)2-3-17(15)32-19(21(26)27)16(20)9-31)5-4-14(12)22(38)36-6-7-37-18(11-36)33-34-23(37)24(28,29)30/h2-3,8,12,14,21H,4-7,10-11H2,1H3. The fraction of sp³-hybridized carbons (Fsp3) is 0.458. The maximum Gasteiger partial charge on any atom is 0.451 e. The van der Waals surface area contributed by atoms with Gasteiger partial charge in [-0.3, -0.25) is 4.79 Å². The van der Waals surface area contributed by atoms with E-state index >= 15 is 0 Å². The molecular formula is C24H21ClF5N7O. The smallest absolute Gasteiger partial charge is 0.370 e. The van der Waals surface area contributed by atoms with E-state index in [1.54, 1.807) is 6.07 Å². The number of carbonyl (C=O) groups is 1. The lowest BCUT2D eigenvalue weighted by Crippen LogP contribution is -2.49. The number of alkyl halides is 5. The number of rotatable bonds is 3. The summed E-state index contributed by atoms with van der Waals surface area (Å²) in [7, 11) is 0. The normalized spacial score (nSPS) is 20.1. The van der Waals surface area contributed by atoms with Crippen molar-refractivity contribution in [1.82, 2.24) is 24.6 Å². The summed E-state index contributed by atoms with van der Waals surface area (Å²) >= 11 is 6.17. The molecule has 0 bridgehead atoms. The van der Waals surface area contributed by atoms with Crippen LogP contribution in [0.1, 0.15) is 42.7 Å². The summed E-state index contributed by atoms with van der Waals surface area (Å²) in [6.07, 6.45) is -7.23. The van der Waals surface area contributed by atoms with Gasteiger partial charge in [-0.2, -0.15) is 18.4 Å². The minimum Gasteiger partial charge on any atom is -0.370 e. The summed E-state index contributed by atoms with van der Waals surface area (Å²) < 4.78 is 68.0. The lowest BCUT2D eigenvalue weighted by molar-refractivity contribution is -0.148. The van der Waals surface area contributed by atoms with Crippen LogP contribution in [0.5, 0.6) is 0 Å². The molecule has 5 rings (SSSR count). The Bertz CT molecular complexity index is 1450. The minimum atomic E-state index is -4.63. The van der Waals surface area contributed by atoms with Crippen LogP contribution in [0.15, 0.2) is 18.2 Å². The van der Waals surface area contributed by atoms with E-state index in [1.807, 2.05) is 17.9 Å². The Morgan fingerprint density at radius 2 is 1.97 bits per heavy atom. The number of aromatic nitrogens is 4. The number of piperidine rings is 1. The maximum atomic E-state index is 13.8. The molecule has 2 aliphatic heterocycles. The molecule has 8 nitrogen and oxygen atoms in total. The van der Waals surface area contributed by atoms with Gasteiger partial charge in [0, 0.05) is 42.5 Å². The second-order valence-corrected chi connectivity index (χ2v) is 9.90. The van der Waals surface area contributed by atoms with E-state index in [9.17, 15) is 32.0 Å². The summed E-state index contributed by atoms with van der Waals surface area (Å²) in [5, 5.41) is 17.5. The van der Waals surface area contributed by atoms with Crippen molar-refractivity contribution in [2.75, 3.05) is 24.5 Å². The van der Waals surface area contributed by atoms with Crippen molar-refractivity contribution in [2.45, 2.75) is 39.0 Å². The molecule has 200 valence electrons. The van der Waals surface area contributed by atoms with E-state index in [0.29, 0.717) is 35.6 Å². The van der Waals surface area contributed by atoms with Gasteiger partial charge < -0.3 is 14.4 Å². The van der Waals surface area contributed by atoms with Crippen LogP contribution in [-0.4, -0.2) is 50.2 Å². The molecule has 1 aromatic carbocycles. The van der Waals surface area contributed by atoms with Crippen LogP contribution in [0, 0.1) is 23.2 Å². The molecule has 0 saturated carbocycles. The first-order chi connectivity index (χ1) is 18.0. The van der Waals surface area contributed by atoms with Gasteiger partial charge in [-0.1, -0.05) is 18.5 Å². The highest BCUT2D eigenvalue weighted by Crippen LogP contribution is 2.39. The van der Waals surface area contributed by atoms with Crippen LogP contribution in [0.4, 0.5) is 27.6 Å². The van der Waals surface area contributed by atoms with Crippen molar-refractivity contribution < 1.29 is 26.7 Å². The molecule has 0 radical (unpaired) electrons. The zero-order valence-corrected chi connectivity index (χ0v) is 20.8. The molecule has 0 spiro atoms. The number of fused-ring (bicyclic) bond motifs is 2. The Kier molecular flexibility index (Phi) is 6.63. The van der Waals surface area contributed by atoms with E-state index in [1.165, 1.54) is 17.0 Å². The average Bonchev–Trinajstić information content (AvgIpc) is 3.31. The van der Waals surface area contributed by atoms with Gasteiger partial charge in [-0.25, -0.2) is 13.8 Å². The van der Waals surface area contributed by atoms with Crippen molar-refractivity contribution in [3.63, 3.8) is 0 Å². The predicted octanol–water partition coefficient (Wildman–Crippen LogP) is 4.81. The number of hydrogen-bond donors (Lipinski definition) is 0. The summed E-state index contributed by atoms with van der Waals surface area (Å²) in [5.41, 5.74) is -0.264. The fourth-order valence-corrected chi connectivity index (χ4v) is 5.51. The zero-order valence-electron chi connectivity index (χ0n) is 20.0. The van der Waals surface area contributed by atoms with E-state index < -0.39 is 30.0 Å². The first kappa shape index (κ1) is 26.1. The quantitative estimate of drug-likeness (QED) is 0.432. The predicted molar refractivity (Wildman–Crippen MR) is 126 cm³/mol. The topological polar surface area (TPSA) is 90.9 Å². The Balaban J connectivity index is 1.39. The molecule has 2 atom stereocenters. The van der Waals surface area contributed by atoms with Gasteiger partial charge >= 0.3 is 6.18 Å². The SMILES string of the molecule is CC1CN(c2c(C#N)c(C(F)F)nc3ccc(Cl)cc23)CCC1C(=O)N1CCn2c(nnc2C(F)(F)F)C1. The van der Waals surface area contributed by atoms with Crippen LogP contribution >= 0.6 is 11.6 Å². The van der Waals surface area contributed by atoms with Gasteiger partial charge in [0.05, 0.1) is 17.7 Å². The van der Waals surface area contributed by atoms with Gasteiger partial charge in [0.15, 0.2) is 5.82 Å². The van der Waals surface area contributed by atoms with E-state index in [0.717, 1.165) is 4.57 Å². The van der Waals surface area contributed by atoms with Gasteiger partial charge in [0.2, 0.25) is 11.7 Å². The molecule has 3 aromatic rings. The molecule has 0 N–H and O–H groups in total. The molecule has 2 aromatic heterocycles. The van der Waals surface area contributed by atoms with Crippen molar-refractivity contribution >= 4 is 34.1 Å². The van der Waals surface area contributed by atoms with Crippen LogP contribution in [0.3, 0.4) is 0 Å². The zero-order chi connectivity index (χ0) is 27.4. The minimum absolute atomic E-state index is 0.0676. The highest BCUT2D eigenvalue weighted by molar-refractivity contribution is 6.31. The molecule has 2 aliphatic rings. The number of benzene rings is 1.